The van der Waals surface area contributed by atoms with E-state index in [-0.39, 0.29) is 11.4 Å². The molecule has 1 amide bonds. The van der Waals surface area contributed by atoms with Crippen LogP contribution in [0.25, 0.3) is 0 Å². The third-order valence-electron chi connectivity index (χ3n) is 4.11. The predicted octanol–water partition coefficient (Wildman–Crippen LogP) is 1.22. The molecule has 0 aromatic carbocycles. The van der Waals surface area contributed by atoms with Gasteiger partial charge < -0.3 is 15.5 Å². The highest BCUT2D eigenvalue weighted by Gasteiger charge is 2.21. The summed E-state index contributed by atoms with van der Waals surface area (Å²) in [5.41, 5.74) is 0.0159. The lowest BCUT2D eigenvalue weighted by molar-refractivity contribution is -0.121. The highest BCUT2D eigenvalue weighted by Crippen LogP contribution is 2.15. The van der Waals surface area contributed by atoms with E-state index in [1.165, 1.54) is 12.8 Å². The molecule has 1 rings (SSSR count). The predicted molar refractivity (Wildman–Crippen MR) is 75.6 cm³/mol. The van der Waals surface area contributed by atoms with E-state index in [0.29, 0.717) is 18.9 Å². The van der Waals surface area contributed by atoms with Gasteiger partial charge in [-0.15, -0.1) is 0 Å². The molecule has 0 spiro atoms. The Labute approximate surface area is 111 Å². The van der Waals surface area contributed by atoms with Crippen LogP contribution in [-0.2, 0) is 4.79 Å². The van der Waals surface area contributed by atoms with Crippen molar-refractivity contribution in [2.45, 2.75) is 45.1 Å². The van der Waals surface area contributed by atoms with E-state index in [2.05, 4.69) is 29.4 Å². The van der Waals surface area contributed by atoms with Crippen LogP contribution in [0.5, 0.6) is 0 Å². The Hall–Kier alpha value is -0.610. The van der Waals surface area contributed by atoms with E-state index in [0.717, 1.165) is 19.5 Å². The molecule has 0 aliphatic carbocycles. The van der Waals surface area contributed by atoms with Crippen molar-refractivity contribution in [2.75, 3.05) is 33.7 Å². The lowest BCUT2D eigenvalue weighted by atomic mass is 9.94. The maximum atomic E-state index is 11.8. The first-order valence-corrected chi connectivity index (χ1v) is 7.06. The molecule has 1 saturated heterocycles. The highest BCUT2D eigenvalue weighted by molar-refractivity contribution is 5.75. The number of carbonyl (C=O) groups excluding carboxylic acids is 1. The Morgan fingerprint density at radius 3 is 2.72 bits per heavy atom. The average molecular weight is 255 g/mol. The van der Waals surface area contributed by atoms with Crippen molar-refractivity contribution in [1.29, 1.82) is 0 Å². The maximum Gasteiger partial charge on any atom is 0.220 e. The summed E-state index contributed by atoms with van der Waals surface area (Å²) in [5, 5.41) is 6.43. The second kappa shape index (κ2) is 7.10. The molecule has 4 nitrogen and oxygen atoms in total. The Morgan fingerprint density at radius 1 is 1.44 bits per heavy atom. The molecule has 18 heavy (non-hydrogen) atoms. The van der Waals surface area contributed by atoms with Gasteiger partial charge in [0.1, 0.15) is 0 Å². The quantitative estimate of drug-likeness (QED) is 0.750. The van der Waals surface area contributed by atoms with Gasteiger partial charge in [-0.1, -0.05) is 0 Å². The van der Waals surface area contributed by atoms with Gasteiger partial charge in [-0.05, 0) is 66.2 Å². The van der Waals surface area contributed by atoms with E-state index < -0.39 is 0 Å². The SMILES string of the molecule is CN(C)C(C)(C)CNC(=O)CCC1CCCNC1. The number of likely N-dealkylation sites (N-methyl/N-ethyl adjacent to an activating group) is 1. The Kier molecular flexibility index (Phi) is 6.09. The second-order valence-electron chi connectivity index (χ2n) is 6.23. The first-order chi connectivity index (χ1) is 8.42. The van der Waals surface area contributed by atoms with Crippen LogP contribution in [0.15, 0.2) is 0 Å². The Morgan fingerprint density at radius 2 is 2.17 bits per heavy atom. The number of carbonyl (C=O) groups is 1. The van der Waals surface area contributed by atoms with Crippen LogP contribution in [0.3, 0.4) is 0 Å². The first kappa shape index (κ1) is 15.4. The van der Waals surface area contributed by atoms with Crippen LogP contribution in [0.1, 0.15) is 39.5 Å². The molecule has 106 valence electrons. The number of hydrogen-bond acceptors (Lipinski definition) is 3. The largest absolute Gasteiger partial charge is 0.354 e. The summed E-state index contributed by atoms with van der Waals surface area (Å²) < 4.78 is 0. The minimum Gasteiger partial charge on any atom is -0.354 e. The minimum atomic E-state index is 0.0159. The van der Waals surface area contributed by atoms with Crippen LogP contribution in [0.4, 0.5) is 0 Å². The van der Waals surface area contributed by atoms with Crippen molar-refractivity contribution in [2.24, 2.45) is 5.92 Å². The van der Waals surface area contributed by atoms with Gasteiger partial charge in [-0.3, -0.25) is 4.79 Å². The van der Waals surface area contributed by atoms with Crippen LogP contribution in [0, 0.1) is 5.92 Å². The molecule has 1 fully saturated rings. The van der Waals surface area contributed by atoms with E-state index in [1.807, 2.05) is 14.1 Å². The van der Waals surface area contributed by atoms with Gasteiger partial charge in [0, 0.05) is 18.5 Å². The van der Waals surface area contributed by atoms with E-state index in [4.69, 9.17) is 0 Å². The maximum absolute atomic E-state index is 11.8. The summed E-state index contributed by atoms with van der Waals surface area (Å²) in [6.07, 6.45) is 4.19. The standard InChI is InChI=1S/C14H29N3O/c1-14(2,17(3)4)11-16-13(18)8-7-12-6-5-9-15-10-12/h12,15H,5-11H2,1-4H3,(H,16,18). The van der Waals surface area contributed by atoms with E-state index in [1.54, 1.807) is 0 Å². The fraction of sp³-hybridized carbons (Fsp3) is 0.929. The first-order valence-electron chi connectivity index (χ1n) is 7.06. The molecule has 1 unspecified atom stereocenters. The van der Waals surface area contributed by atoms with E-state index >= 15 is 0 Å². The summed E-state index contributed by atoms with van der Waals surface area (Å²) in [6, 6.07) is 0. The third-order valence-corrected chi connectivity index (χ3v) is 4.11. The van der Waals surface area contributed by atoms with Crippen molar-refractivity contribution in [3.05, 3.63) is 0 Å². The molecule has 1 aliphatic heterocycles. The van der Waals surface area contributed by atoms with Crippen LogP contribution in [0.2, 0.25) is 0 Å². The lowest BCUT2D eigenvalue weighted by Crippen LogP contribution is -2.48. The number of rotatable bonds is 6. The molecule has 0 aromatic rings. The van der Waals surface area contributed by atoms with Crippen LogP contribution >= 0.6 is 0 Å². The van der Waals surface area contributed by atoms with Gasteiger partial charge in [-0.2, -0.15) is 0 Å². The van der Waals surface area contributed by atoms with Gasteiger partial charge in [0.15, 0.2) is 0 Å². The molecule has 1 aliphatic rings. The summed E-state index contributed by atoms with van der Waals surface area (Å²) >= 11 is 0. The molecule has 4 heteroatoms. The number of piperidine rings is 1. The summed E-state index contributed by atoms with van der Waals surface area (Å²) in [4.78, 5) is 13.9. The van der Waals surface area contributed by atoms with Gasteiger partial charge in [0.25, 0.3) is 0 Å². The Balaban J connectivity index is 2.17. The summed E-state index contributed by atoms with van der Waals surface area (Å²) in [5.74, 6) is 0.877. The summed E-state index contributed by atoms with van der Waals surface area (Å²) in [7, 11) is 4.08. The smallest absolute Gasteiger partial charge is 0.220 e. The molecule has 0 aromatic heterocycles. The fourth-order valence-electron chi connectivity index (χ4n) is 2.07. The van der Waals surface area contributed by atoms with Gasteiger partial charge in [0.05, 0.1) is 0 Å². The van der Waals surface area contributed by atoms with Crippen molar-refractivity contribution >= 4 is 5.91 Å². The monoisotopic (exact) mass is 255 g/mol. The molecule has 0 bridgehead atoms. The average Bonchev–Trinajstić information content (AvgIpc) is 2.35. The molecular weight excluding hydrogens is 226 g/mol. The van der Waals surface area contributed by atoms with Crippen molar-refractivity contribution < 1.29 is 4.79 Å². The number of nitrogens with zero attached hydrogens (tertiary/aromatic N) is 1. The number of nitrogens with one attached hydrogen (secondary N) is 2. The van der Waals surface area contributed by atoms with Gasteiger partial charge in [0.2, 0.25) is 5.91 Å². The topological polar surface area (TPSA) is 44.4 Å². The molecule has 1 atom stereocenters. The third kappa shape index (κ3) is 5.36. The highest BCUT2D eigenvalue weighted by atomic mass is 16.1. The number of hydrogen-bond donors (Lipinski definition) is 2. The van der Waals surface area contributed by atoms with E-state index in [9.17, 15) is 4.79 Å². The lowest BCUT2D eigenvalue weighted by Gasteiger charge is -2.32. The van der Waals surface area contributed by atoms with Crippen molar-refractivity contribution in [1.82, 2.24) is 15.5 Å². The zero-order valence-corrected chi connectivity index (χ0v) is 12.4. The normalized spacial score (nSPS) is 21.1. The minimum absolute atomic E-state index is 0.0159. The molecular formula is C14H29N3O. The zero-order valence-electron chi connectivity index (χ0n) is 12.4. The van der Waals surface area contributed by atoms with Crippen molar-refractivity contribution in [3.8, 4) is 0 Å². The molecule has 0 saturated carbocycles. The molecule has 1 heterocycles. The van der Waals surface area contributed by atoms with Gasteiger partial charge >= 0.3 is 0 Å². The zero-order chi connectivity index (χ0) is 13.6. The van der Waals surface area contributed by atoms with Gasteiger partial charge in [-0.25, -0.2) is 0 Å². The molecule has 2 N–H and O–H groups in total. The number of amides is 1. The Bertz CT molecular complexity index is 258. The molecule has 0 radical (unpaired) electrons. The van der Waals surface area contributed by atoms with Crippen molar-refractivity contribution in [3.63, 3.8) is 0 Å². The fourth-order valence-corrected chi connectivity index (χ4v) is 2.07. The summed E-state index contributed by atoms with van der Waals surface area (Å²) in [6.45, 7) is 7.20. The second-order valence-corrected chi connectivity index (χ2v) is 6.23. The van der Waals surface area contributed by atoms with Crippen LogP contribution in [-0.4, -0.2) is 50.1 Å². The van der Waals surface area contributed by atoms with Crippen LogP contribution < -0.4 is 10.6 Å².